The highest BCUT2D eigenvalue weighted by Gasteiger charge is 1.40. The van der Waals surface area contributed by atoms with Crippen LogP contribution >= 0.6 is 0 Å². The highest BCUT2D eigenvalue weighted by molar-refractivity contribution is 7.17. The molecule has 1 nitrogen and oxygen atoms in total. The van der Waals surface area contributed by atoms with Crippen molar-refractivity contribution in [3.8, 4) is 0 Å². The third-order valence-corrected chi connectivity index (χ3v) is 0. The summed E-state index contributed by atoms with van der Waals surface area (Å²) in [5.74, 6) is 0. The maximum atomic E-state index is 1.57. The number of hydrogen-bond donors (Lipinski definition) is 1. The third-order valence-electron chi connectivity index (χ3n) is 0. The molecule has 0 aliphatic rings. The van der Waals surface area contributed by atoms with Crippen LogP contribution in [0.5, 0.6) is 0 Å². The second-order valence-corrected chi connectivity index (χ2v) is 19.1. The molecular formula is H11NSi3. The molecule has 0 rings (SSSR count). The van der Waals surface area contributed by atoms with Gasteiger partial charge < -0.3 is 6.15 Å². The Morgan fingerprint density at radius 1 is 1.25 bits per heavy atom. The van der Waals surface area contributed by atoms with Gasteiger partial charge in [0.25, 0.3) is 0 Å². The van der Waals surface area contributed by atoms with Gasteiger partial charge in [0.05, 0.1) is 0 Å². The Kier molecular flexibility index (Phi) is 20.9. The van der Waals surface area contributed by atoms with Crippen molar-refractivity contribution in [2.24, 2.45) is 0 Å². The van der Waals surface area contributed by atoms with Crippen molar-refractivity contribution in [1.29, 1.82) is 0 Å². The fraction of sp³-hybridized carbons (Fsp3) is 0. The molecule has 0 heterocycles. The van der Waals surface area contributed by atoms with Gasteiger partial charge in [0.2, 0.25) is 0 Å². The zero-order valence-corrected chi connectivity index (χ0v) is 8.83. The van der Waals surface area contributed by atoms with Crippen LogP contribution in [0.2, 0.25) is 0 Å². The second kappa shape index (κ2) is 9.49. The Balaban J connectivity index is 0. The SMILES string of the molecule is N.[SiH3][SiH2][SiH3]. The molecule has 0 aromatic rings. The van der Waals surface area contributed by atoms with Crippen LogP contribution in [0.15, 0.2) is 0 Å². The van der Waals surface area contributed by atoms with Gasteiger partial charge in [-0.3, -0.25) is 0 Å². The van der Waals surface area contributed by atoms with E-state index in [0.29, 0.717) is 8.55 Å². The predicted molar refractivity (Wildman–Crippen MR) is 33.4 cm³/mol. The highest BCUT2D eigenvalue weighted by Crippen LogP contribution is 1.03. The average Bonchev–Trinajstić information content (AvgIpc) is 0.918. The molecule has 4 heteroatoms. The minimum absolute atomic E-state index is 0. The molecule has 3 N–H and O–H groups in total. The zero-order chi connectivity index (χ0) is 2.71. The lowest BCUT2D eigenvalue weighted by atomic mass is 14.0. The molecule has 28 valence electrons. The summed E-state index contributed by atoms with van der Waals surface area (Å²) >= 11 is 0. The summed E-state index contributed by atoms with van der Waals surface area (Å²) < 4.78 is 0. The van der Waals surface area contributed by atoms with E-state index in [1.165, 1.54) is 0 Å². The Hall–Kier alpha value is 0.611. The molecule has 0 aromatic heterocycles. The molecule has 0 radical (unpaired) electrons. The Bertz CT molecular complexity index is 3.25. The molecule has 0 fully saturated rings. The van der Waals surface area contributed by atoms with Gasteiger partial charge in [-0.1, -0.05) is 0 Å². The standard InChI is InChI=1S/H3N.H8Si3/c;1-3-2/h1H3;3H2,1-2H3. The topological polar surface area (TPSA) is 35.0 Å². The van der Waals surface area contributed by atoms with Crippen molar-refractivity contribution in [1.82, 2.24) is 6.15 Å². The van der Waals surface area contributed by atoms with E-state index in [1.54, 1.807) is 19.5 Å². The van der Waals surface area contributed by atoms with Crippen LogP contribution < -0.4 is 6.15 Å². The Morgan fingerprint density at radius 3 is 1.25 bits per heavy atom. The van der Waals surface area contributed by atoms with Crippen LogP contribution in [-0.4, -0.2) is 28.1 Å². The van der Waals surface area contributed by atoms with Gasteiger partial charge in [-0.25, -0.2) is 0 Å². The van der Waals surface area contributed by atoms with E-state index in [4.69, 9.17) is 0 Å². The van der Waals surface area contributed by atoms with Crippen molar-refractivity contribution < 1.29 is 0 Å². The molecule has 0 atom stereocenters. The van der Waals surface area contributed by atoms with Crippen molar-refractivity contribution in [3.05, 3.63) is 0 Å². The molecule has 0 aliphatic carbocycles. The zero-order valence-electron chi connectivity index (χ0n) is 3.41. The summed E-state index contributed by atoms with van der Waals surface area (Å²) in [4.78, 5) is 0. The largest absolute Gasteiger partial charge is 0.344 e. The van der Waals surface area contributed by atoms with Gasteiger partial charge in [0, 0.05) is 0 Å². The highest BCUT2D eigenvalue weighted by atomic mass is 29.5. The van der Waals surface area contributed by atoms with Crippen LogP contribution in [0.25, 0.3) is 0 Å². The van der Waals surface area contributed by atoms with Crippen molar-refractivity contribution >= 4 is 28.1 Å². The molecule has 0 bridgehead atoms. The van der Waals surface area contributed by atoms with Crippen LogP contribution in [-0.2, 0) is 0 Å². The molecule has 0 saturated carbocycles. The minimum Gasteiger partial charge on any atom is -0.344 e. The lowest BCUT2D eigenvalue weighted by Crippen LogP contribution is -1.79. The molecule has 0 amide bonds. The van der Waals surface area contributed by atoms with E-state index < -0.39 is 0 Å². The first-order chi connectivity index (χ1) is 1.41. The molecule has 4 heavy (non-hydrogen) atoms. The second-order valence-electron chi connectivity index (χ2n) is 0.707. The quantitative estimate of drug-likeness (QED) is 0.328. The fourth-order valence-electron chi connectivity index (χ4n) is 0. The minimum atomic E-state index is 0. The van der Waals surface area contributed by atoms with Crippen LogP contribution in [0.1, 0.15) is 0 Å². The van der Waals surface area contributed by atoms with Gasteiger partial charge in [0.1, 0.15) is 0 Å². The fourth-order valence-corrected chi connectivity index (χ4v) is 0. The van der Waals surface area contributed by atoms with Crippen molar-refractivity contribution in [2.45, 2.75) is 0 Å². The maximum Gasteiger partial charge on any atom is -0.0104 e. The molecule has 0 aliphatic heterocycles. The lowest BCUT2D eigenvalue weighted by Gasteiger charge is -1.42. The maximum absolute atomic E-state index is 1.57. The first-order valence-electron chi connectivity index (χ1n) is 1.41. The summed E-state index contributed by atoms with van der Waals surface area (Å²) in [6.45, 7) is 0. The molecular weight excluding hydrogens is 98.3 g/mol. The van der Waals surface area contributed by atoms with Crippen molar-refractivity contribution in [3.63, 3.8) is 0 Å². The van der Waals surface area contributed by atoms with E-state index in [-0.39, 0.29) is 6.15 Å². The summed E-state index contributed by atoms with van der Waals surface area (Å²) in [5, 5.41) is 0. The van der Waals surface area contributed by atoms with Gasteiger partial charge in [0.15, 0.2) is 0 Å². The molecule has 0 spiro atoms. The molecule has 0 saturated heterocycles. The Labute approximate surface area is 35.0 Å². The lowest BCUT2D eigenvalue weighted by molar-refractivity contribution is 2.13. The summed E-state index contributed by atoms with van der Waals surface area (Å²) in [6.07, 6.45) is 0. The van der Waals surface area contributed by atoms with E-state index in [9.17, 15) is 0 Å². The van der Waals surface area contributed by atoms with Gasteiger partial charge in [-0.05, 0) is 28.1 Å². The van der Waals surface area contributed by atoms with E-state index >= 15 is 0 Å². The average molecular weight is 109 g/mol. The molecule has 0 aromatic carbocycles. The van der Waals surface area contributed by atoms with E-state index in [2.05, 4.69) is 0 Å². The van der Waals surface area contributed by atoms with Crippen molar-refractivity contribution in [2.75, 3.05) is 0 Å². The van der Waals surface area contributed by atoms with Crippen LogP contribution in [0, 0.1) is 0 Å². The number of rotatable bonds is 0. The number of hydrogen-bond acceptors (Lipinski definition) is 1. The van der Waals surface area contributed by atoms with Crippen LogP contribution in [0.4, 0.5) is 0 Å². The summed E-state index contributed by atoms with van der Waals surface area (Å²) in [6, 6.07) is 0. The first kappa shape index (κ1) is 8.82. The summed E-state index contributed by atoms with van der Waals surface area (Å²) in [7, 11) is 3.83. The van der Waals surface area contributed by atoms with Gasteiger partial charge in [-0.2, -0.15) is 0 Å². The van der Waals surface area contributed by atoms with Crippen LogP contribution in [0.3, 0.4) is 0 Å². The molecule has 0 unspecified atom stereocenters. The monoisotopic (exact) mass is 109 g/mol. The summed E-state index contributed by atoms with van der Waals surface area (Å²) in [5.41, 5.74) is 0. The predicted octanol–water partition coefficient (Wildman–Crippen LogP) is -3.12. The third kappa shape index (κ3) is 18.2. The van der Waals surface area contributed by atoms with Gasteiger partial charge >= 0.3 is 0 Å². The Morgan fingerprint density at radius 2 is 1.25 bits per heavy atom. The first-order valence-corrected chi connectivity index (χ1v) is 12.7. The van der Waals surface area contributed by atoms with E-state index in [1.807, 2.05) is 0 Å². The normalized spacial score (nSPS) is 9.00. The van der Waals surface area contributed by atoms with Gasteiger partial charge in [-0.15, -0.1) is 0 Å². The smallest absolute Gasteiger partial charge is 0.0104 e. The van der Waals surface area contributed by atoms with E-state index in [0.717, 1.165) is 0 Å².